The minimum Gasteiger partial charge on any atom is -0.390 e. The van der Waals surface area contributed by atoms with Crippen LogP contribution in [0.5, 0.6) is 0 Å². The van der Waals surface area contributed by atoms with Crippen LogP contribution in [0.1, 0.15) is 68.9 Å². The number of oxime groups is 1. The summed E-state index contributed by atoms with van der Waals surface area (Å²) in [7, 11) is -3.88. The van der Waals surface area contributed by atoms with E-state index >= 15 is 0 Å². The van der Waals surface area contributed by atoms with Crippen LogP contribution in [-0.4, -0.2) is 110 Å². The van der Waals surface area contributed by atoms with Crippen molar-refractivity contribution in [1.29, 1.82) is 0 Å². The molecule has 3 heterocycles. The normalized spacial score (nSPS) is 28.9. The van der Waals surface area contributed by atoms with E-state index in [9.17, 15) is 27.6 Å². The van der Waals surface area contributed by atoms with E-state index in [-0.39, 0.29) is 25.4 Å². The number of nitrogens with zero attached hydrogens (tertiary/aromatic N) is 3. The summed E-state index contributed by atoms with van der Waals surface area (Å²) in [5, 5.41) is 9.86. The summed E-state index contributed by atoms with van der Waals surface area (Å²) in [5.74, 6) is -2.21. The Balaban J connectivity index is 1.08. The van der Waals surface area contributed by atoms with Gasteiger partial charge in [-0.1, -0.05) is 78.7 Å². The first-order valence-electron chi connectivity index (χ1n) is 19.1. The number of urea groups is 1. The number of nitrogens with one attached hydrogen (secondary N) is 3. The zero-order valence-electron chi connectivity index (χ0n) is 30.1. The lowest BCUT2D eigenvalue weighted by Crippen LogP contribution is -2.59. The van der Waals surface area contributed by atoms with Gasteiger partial charge in [0.15, 0.2) is 0 Å². The van der Waals surface area contributed by atoms with Crippen molar-refractivity contribution >= 4 is 39.5 Å². The van der Waals surface area contributed by atoms with Crippen LogP contribution in [0, 0.1) is 5.92 Å². The molecule has 3 aliphatic carbocycles. The molecule has 5 atom stereocenters. The van der Waals surface area contributed by atoms with E-state index in [1.54, 1.807) is 4.90 Å². The molecule has 286 valence electrons. The standard InChI is InChI=1S/C39H46N6O8S/c46-35-33-22-26(53-42-34-30-13-8-6-11-28(30)29-12-7-9-14-31(29)34)24-45(33)36(47)32(40-38(49)44-18-20-52-21-19-44)15-5-3-1-2-4-10-25-23-39(25,41-35)37(48)43-54(50,51)27-16-17-27/h4,6-14,25-27,32-33H,1-3,5,15-24H2,(H,40,49)(H,41,46)(H,43,48)/b10-4-/t25?,26-,32+,33+,39?/m1/s1. The zero-order chi connectivity index (χ0) is 37.5. The molecule has 0 aromatic heterocycles. The molecule has 2 saturated carbocycles. The lowest BCUT2D eigenvalue weighted by molar-refractivity contribution is -0.141. The fourth-order valence-corrected chi connectivity index (χ4v) is 9.43. The summed E-state index contributed by atoms with van der Waals surface area (Å²) >= 11 is 0. The molecular formula is C39H46N6O8S. The van der Waals surface area contributed by atoms with Crippen LogP contribution in [-0.2, 0) is 34.0 Å². The highest BCUT2D eigenvalue weighted by Gasteiger charge is 2.62. The monoisotopic (exact) mass is 758 g/mol. The van der Waals surface area contributed by atoms with Crippen LogP contribution in [0.15, 0.2) is 65.8 Å². The van der Waals surface area contributed by atoms with Crippen molar-refractivity contribution in [2.45, 2.75) is 86.8 Å². The number of fused-ring (bicyclic) bond motifs is 5. The van der Waals surface area contributed by atoms with E-state index in [0.29, 0.717) is 64.1 Å². The van der Waals surface area contributed by atoms with Crippen LogP contribution in [0.2, 0.25) is 0 Å². The zero-order valence-corrected chi connectivity index (χ0v) is 30.9. The maximum Gasteiger partial charge on any atom is 0.318 e. The number of allylic oxidation sites excluding steroid dienone is 1. The van der Waals surface area contributed by atoms with E-state index in [2.05, 4.69) is 20.5 Å². The van der Waals surface area contributed by atoms with Gasteiger partial charge < -0.3 is 30.0 Å². The second-order valence-electron chi connectivity index (χ2n) is 15.1. The van der Waals surface area contributed by atoms with Crippen molar-refractivity contribution in [2.24, 2.45) is 11.1 Å². The molecule has 2 aromatic carbocycles. The Hall–Kier alpha value is -4.76. The Bertz CT molecular complexity index is 1950. The molecular weight excluding hydrogens is 713 g/mol. The van der Waals surface area contributed by atoms with E-state index in [1.807, 2.05) is 60.7 Å². The molecule has 2 saturated heterocycles. The van der Waals surface area contributed by atoms with Crippen LogP contribution >= 0.6 is 0 Å². The SMILES string of the molecule is O=C1NC2(C(=O)NS(=O)(=O)C3CC3)CC2/C=C\CCCCC[C@H](NC(=O)N2CCOCC2)C(=O)N2C[C@H](ON=C3c4ccccc4-c4ccccc43)C[C@@H]12. The molecule has 6 aliphatic rings. The fourth-order valence-electron chi connectivity index (χ4n) is 8.06. The second-order valence-corrected chi connectivity index (χ2v) is 17.1. The number of carbonyl (C=O) groups excluding carboxylic acids is 4. The minimum atomic E-state index is -3.88. The Morgan fingerprint density at radius 3 is 2.30 bits per heavy atom. The Morgan fingerprint density at radius 2 is 1.61 bits per heavy atom. The van der Waals surface area contributed by atoms with Gasteiger partial charge in [-0.3, -0.25) is 19.1 Å². The average Bonchev–Trinajstić information content (AvgIpc) is 4.09. The number of hydrogen-bond acceptors (Lipinski definition) is 9. The van der Waals surface area contributed by atoms with Crippen LogP contribution in [0.25, 0.3) is 11.1 Å². The molecule has 5 amide bonds. The van der Waals surface area contributed by atoms with Crippen molar-refractivity contribution in [1.82, 2.24) is 25.2 Å². The van der Waals surface area contributed by atoms with Gasteiger partial charge in [0, 0.05) is 36.6 Å². The molecule has 2 aromatic rings. The van der Waals surface area contributed by atoms with Gasteiger partial charge in [0.05, 0.1) is 25.0 Å². The number of morpholine rings is 1. The largest absolute Gasteiger partial charge is 0.390 e. The third kappa shape index (κ3) is 7.22. The lowest BCUT2D eigenvalue weighted by Gasteiger charge is -2.32. The van der Waals surface area contributed by atoms with Gasteiger partial charge in [-0.2, -0.15) is 0 Å². The molecule has 0 spiro atoms. The first kappa shape index (κ1) is 36.2. The van der Waals surface area contributed by atoms with Crippen molar-refractivity contribution in [3.63, 3.8) is 0 Å². The van der Waals surface area contributed by atoms with Gasteiger partial charge in [-0.25, -0.2) is 13.2 Å². The Labute approximate surface area is 314 Å². The first-order chi connectivity index (χ1) is 26.1. The molecule has 14 nitrogen and oxygen atoms in total. The second kappa shape index (κ2) is 14.8. The molecule has 4 fully saturated rings. The van der Waals surface area contributed by atoms with Crippen molar-refractivity contribution in [2.75, 3.05) is 32.8 Å². The van der Waals surface area contributed by atoms with Crippen LogP contribution < -0.4 is 15.4 Å². The number of hydrogen-bond donors (Lipinski definition) is 3. The Morgan fingerprint density at radius 1 is 0.926 bits per heavy atom. The number of sulfonamides is 1. The van der Waals surface area contributed by atoms with Gasteiger partial charge in [0.25, 0.3) is 5.91 Å². The number of amides is 5. The number of carbonyl (C=O) groups is 4. The van der Waals surface area contributed by atoms with Crippen LogP contribution in [0.4, 0.5) is 4.79 Å². The lowest BCUT2D eigenvalue weighted by atomic mass is 10.0. The molecule has 3 N–H and O–H groups in total. The molecule has 15 heteroatoms. The predicted molar refractivity (Wildman–Crippen MR) is 199 cm³/mol. The Kier molecular flexibility index (Phi) is 9.94. The van der Waals surface area contributed by atoms with Crippen molar-refractivity contribution in [3.8, 4) is 11.1 Å². The van der Waals surface area contributed by atoms with Crippen LogP contribution in [0.3, 0.4) is 0 Å². The molecule has 3 aliphatic heterocycles. The number of rotatable bonds is 6. The van der Waals surface area contributed by atoms with E-state index in [4.69, 9.17) is 9.57 Å². The predicted octanol–water partition coefficient (Wildman–Crippen LogP) is 2.82. The number of ether oxygens (including phenoxy) is 1. The summed E-state index contributed by atoms with van der Waals surface area (Å²) in [4.78, 5) is 65.3. The molecule has 0 bridgehead atoms. The van der Waals surface area contributed by atoms with E-state index < -0.39 is 62.6 Å². The van der Waals surface area contributed by atoms with Crippen molar-refractivity contribution < 1.29 is 37.2 Å². The molecule has 2 unspecified atom stereocenters. The summed E-state index contributed by atoms with van der Waals surface area (Å²) in [5.41, 5.74) is 3.05. The maximum atomic E-state index is 14.6. The van der Waals surface area contributed by atoms with E-state index in [1.165, 1.54) is 4.90 Å². The third-order valence-corrected chi connectivity index (χ3v) is 13.2. The summed E-state index contributed by atoms with van der Waals surface area (Å²) in [6.45, 7) is 1.63. The smallest absolute Gasteiger partial charge is 0.318 e. The average molecular weight is 759 g/mol. The third-order valence-electron chi connectivity index (χ3n) is 11.4. The van der Waals surface area contributed by atoms with Crippen molar-refractivity contribution in [3.05, 3.63) is 71.8 Å². The summed E-state index contributed by atoms with van der Waals surface area (Å²) < 4.78 is 33.3. The fraction of sp³-hybridized carbons (Fsp3) is 0.513. The summed E-state index contributed by atoms with van der Waals surface area (Å²) in [6.07, 6.45) is 7.79. The topological polar surface area (TPSA) is 176 Å². The van der Waals surface area contributed by atoms with Gasteiger partial charge in [0.1, 0.15) is 29.4 Å². The number of benzene rings is 2. The molecule has 8 rings (SSSR count). The highest BCUT2D eigenvalue weighted by atomic mass is 32.2. The quantitative estimate of drug-likeness (QED) is 0.254. The molecule has 0 radical (unpaired) electrons. The maximum absolute atomic E-state index is 14.6. The van der Waals surface area contributed by atoms with Gasteiger partial charge in [0.2, 0.25) is 21.8 Å². The minimum absolute atomic E-state index is 0.0134. The van der Waals surface area contributed by atoms with Gasteiger partial charge >= 0.3 is 6.03 Å². The highest BCUT2D eigenvalue weighted by Crippen LogP contribution is 2.46. The summed E-state index contributed by atoms with van der Waals surface area (Å²) in [6, 6.07) is 13.4. The first-order valence-corrected chi connectivity index (χ1v) is 20.6. The van der Waals surface area contributed by atoms with Gasteiger partial charge in [-0.05, 0) is 49.7 Å². The van der Waals surface area contributed by atoms with Gasteiger partial charge in [-0.15, -0.1) is 0 Å². The highest BCUT2D eigenvalue weighted by molar-refractivity contribution is 7.91. The molecule has 54 heavy (non-hydrogen) atoms. The van der Waals surface area contributed by atoms with E-state index in [0.717, 1.165) is 35.1 Å².